The largest absolute Gasteiger partial charge is 0.464 e. The molecule has 0 aliphatic carbocycles. The Morgan fingerprint density at radius 1 is 1.15 bits per heavy atom. The lowest BCUT2D eigenvalue weighted by atomic mass is 10.1. The van der Waals surface area contributed by atoms with Gasteiger partial charge in [-0.15, -0.1) is 12.3 Å². The molecule has 0 saturated heterocycles. The van der Waals surface area contributed by atoms with Crippen LogP contribution in [0.1, 0.15) is 46.6 Å². The zero-order valence-corrected chi connectivity index (χ0v) is 24.8. The highest BCUT2D eigenvalue weighted by molar-refractivity contribution is 5.70. The monoisotopic (exact) mass is 577 g/mol. The summed E-state index contributed by atoms with van der Waals surface area (Å²) in [6.45, 7) is 11.3. The Balaban J connectivity index is 0.00000299. The van der Waals surface area contributed by atoms with Crippen molar-refractivity contribution in [2.45, 2.75) is 47.2 Å². The van der Waals surface area contributed by atoms with Crippen molar-refractivity contribution in [1.29, 1.82) is 0 Å². The van der Waals surface area contributed by atoms with Crippen LogP contribution in [0.3, 0.4) is 0 Å². The van der Waals surface area contributed by atoms with Gasteiger partial charge < -0.3 is 19.1 Å². The highest BCUT2D eigenvalue weighted by Gasteiger charge is 2.30. The van der Waals surface area contributed by atoms with E-state index in [1.165, 1.54) is 18.3 Å². The van der Waals surface area contributed by atoms with Crippen LogP contribution in [-0.4, -0.2) is 62.6 Å². The molecule has 0 radical (unpaired) electrons. The van der Waals surface area contributed by atoms with Crippen LogP contribution in [0.25, 0.3) is 11.3 Å². The molecule has 0 fully saturated rings. The standard InChI is InChI=1S/C26H32F3N3O4.C3H4.C2H6/c1-4-7-20(8-6-14-35-19-25(33)36-5-2)18-32(13-15-34-3)24-17-30-16-23(31-24)21-9-11-22(12-10-21)26(27,28)29;1-3-2;1-2/h6-12,16-17H,4-5,13-15,18-19H2,1-3H3;1H,2H3;1-2H3/b8-6-,20-7+;;. The number of carbonyl (C=O) groups is 1. The summed E-state index contributed by atoms with van der Waals surface area (Å²) in [6.07, 6.45) is 9.93. The van der Waals surface area contributed by atoms with Crippen molar-refractivity contribution in [3.05, 3.63) is 66.0 Å². The van der Waals surface area contributed by atoms with E-state index in [1.54, 1.807) is 27.2 Å². The van der Waals surface area contributed by atoms with Crippen molar-refractivity contribution in [1.82, 2.24) is 9.97 Å². The van der Waals surface area contributed by atoms with E-state index in [0.717, 1.165) is 24.1 Å². The number of aromatic nitrogens is 2. The topological polar surface area (TPSA) is 73.8 Å². The van der Waals surface area contributed by atoms with Gasteiger partial charge in [-0.1, -0.05) is 51.1 Å². The van der Waals surface area contributed by atoms with Crippen LogP contribution < -0.4 is 4.90 Å². The first-order chi connectivity index (χ1) is 19.7. The van der Waals surface area contributed by atoms with E-state index >= 15 is 0 Å². The second-order valence-electron chi connectivity index (χ2n) is 7.95. The van der Waals surface area contributed by atoms with E-state index in [4.69, 9.17) is 14.2 Å². The molecule has 7 nitrogen and oxygen atoms in total. The molecule has 0 amide bonds. The number of alkyl halides is 3. The van der Waals surface area contributed by atoms with Gasteiger partial charge in [0, 0.05) is 25.8 Å². The van der Waals surface area contributed by atoms with Gasteiger partial charge in [0.2, 0.25) is 0 Å². The number of hydrogen-bond donors (Lipinski definition) is 0. The number of rotatable bonds is 14. The summed E-state index contributed by atoms with van der Waals surface area (Å²) in [5, 5.41) is 0. The highest BCUT2D eigenvalue weighted by Crippen LogP contribution is 2.30. The van der Waals surface area contributed by atoms with Crippen LogP contribution in [0.5, 0.6) is 0 Å². The molecule has 1 aromatic carbocycles. The fourth-order valence-electron chi connectivity index (χ4n) is 3.23. The second kappa shape index (κ2) is 22.1. The number of esters is 1. The second-order valence-corrected chi connectivity index (χ2v) is 7.95. The lowest BCUT2D eigenvalue weighted by Crippen LogP contribution is -2.30. The highest BCUT2D eigenvalue weighted by atomic mass is 19.4. The molecule has 0 spiro atoms. The van der Waals surface area contributed by atoms with Crippen LogP contribution in [-0.2, 0) is 25.2 Å². The summed E-state index contributed by atoms with van der Waals surface area (Å²) in [6, 6.07) is 4.83. The Morgan fingerprint density at radius 3 is 2.37 bits per heavy atom. The van der Waals surface area contributed by atoms with Crippen LogP contribution in [0.15, 0.2) is 60.5 Å². The minimum atomic E-state index is -4.40. The average molecular weight is 578 g/mol. The fraction of sp³-hybridized carbons (Fsp3) is 0.452. The smallest absolute Gasteiger partial charge is 0.416 e. The first-order valence-electron chi connectivity index (χ1n) is 13.4. The molecule has 226 valence electrons. The number of halogens is 3. The Morgan fingerprint density at radius 2 is 1.80 bits per heavy atom. The van der Waals surface area contributed by atoms with E-state index in [-0.39, 0.29) is 13.2 Å². The van der Waals surface area contributed by atoms with Crippen molar-refractivity contribution < 1.29 is 32.2 Å². The van der Waals surface area contributed by atoms with E-state index in [9.17, 15) is 18.0 Å². The van der Waals surface area contributed by atoms with Crippen LogP contribution in [0.2, 0.25) is 0 Å². The molecule has 1 aromatic heterocycles. The molecule has 0 N–H and O–H groups in total. The summed E-state index contributed by atoms with van der Waals surface area (Å²) in [4.78, 5) is 22.3. The molecule has 0 aliphatic rings. The number of anilines is 1. The Labute approximate surface area is 242 Å². The quantitative estimate of drug-likeness (QED) is 0.106. The Hall–Kier alpha value is -3.68. The van der Waals surface area contributed by atoms with Crippen molar-refractivity contribution in [2.24, 2.45) is 0 Å². The predicted octanol–water partition coefficient (Wildman–Crippen LogP) is 6.75. The van der Waals surface area contributed by atoms with E-state index in [1.807, 2.05) is 37.8 Å². The summed E-state index contributed by atoms with van der Waals surface area (Å²) in [5.74, 6) is 2.41. The van der Waals surface area contributed by atoms with Gasteiger partial charge in [-0.25, -0.2) is 9.78 Å². The van der Waals surface area contributed by atoms with Crippen molar-refractivity contribution in [3.63, 3.8) is 0 Å². The van der Waals surface area contributed by atoms with Gasteiger partial charge in [0.05, 0.1) is 43.5 Å². The maximum atomic E-state index is 12.9. The normalized spacial score (nSPS) is 11.1. The van der Waals surface area contributed by atoms with Gasteiger partial charge >= 0.3 is 12.1 Å². The van der Waals surface area contributed by atoms with Gasteiger partial charge in [-0.05, 0) is 38.0 Å². The summed E-state index contributed by atoms with van der Waals surface area (Å²) < 4.78 is 54.1. The molecule has 2 rings (SSSR count). The number of benzene rings is 1. The predicted molar refractivity (Wildman–Crippen MR) is 157 cm³/mol. The van der Waals surface area contributed by atoms with Crippen molar-refractivity contribution >= 4 is 11.8 Å². The van der Waals surface area contributed by atoms with Gasteiger partial charge in [0.1, 0.15) is 12.4 Å². The van der Waals surface area contributed by atoms with Gasteiger partial charge in [-0.3, -0.25) is 4.98 Å². The molecule has 0 saturated carbocycles. The van der Waals surface area contributed by atoms with Gasteiger partial charge in [0.25, 0.3) is 0 Å². The SMILES string of the molecule is C#CC.CC.CC/C=C(\C=C/COCC(=O)OCC)CN(CCOC)c1cncc(-c2ccc(C(F)(F)F)cc2)n1. The third kappa shape index (κ3) is 15.6. The number of ether oxygens (including phenoxy) is 3. The Bertz CT molecular complexity index is 1100. The molecule has 0 atom stereocenters. The molecular weight excluding hydrogens is 535 g/mol. The zero-order valence-electron chi connectivity index (χ0n) is 24.8. The lowest BCUT2D eigenvalue weighted by molar-refractivity contribution is -0.148. The summed E-state index contributed by atoms with van der Waals surface area (Å²) in [5.41, 5.74) is 1.28. The molecule has 1 heterocycles. The number of allylic oxidation sites excluding steroid dienone is 1. The molecule has 0 unspecified atom stereocenters. The fourth-order valence-corrected chi connectivity index (χ4v) is 3.23. The number of terminal acetylenes is 1. The number of carbonyl (C=O) groups excluding carboxylic acids is 1. The van der Waals surface area contributed by atoms with E-state index in [0.29, 0.717) is 43.4 Å². The van der Waals surface area contributed by atoms with Crippen LogP contribution in [0, 0.1) is 12.3 Å². The van der Waals surface area contributed by atoms with Crippen molar-refractivity contribution in [2.75, 3.05) is 51.5 Å². The number of hydrogen-bond acceptors (Lipinski definition) is 7. The maximum Gasteiger partial charge on any atom is 0.416 e. The van der Waals surface area contributed by atoms with Crippen LogP contribution >= 0.6 is 0 Å². The molecule has 10 heteroatoms. The first-order valence-corrected chi connectivity index (χ1v) is 13.4. The minimum absolute atomic E-state index is 0.114. The lowest BCUT2D eigenvalue weighted by Gasteiger charge is -2.24. The number of methoxy groups -OCH3 is 1. The van der Waals surface area contributed by atoms with Crippen LogP contribution in [0.4, 0.5) is 19.0 Å². The molecule has 0 bridgehead atoms. The molecule has 0 aliphatic heterocycles. The summed E-state index contributed by atoms with van der Waals surface area (Å²) in [7, 11) is 1.60. The number of nitrogens with zero attached hydrogens (tertiary/aromatic N) is 3. The molecular formula is C31H42F3N3O4. The van der Waals surface area contributed by atoms with Gasteiger partial charge in [0.15, 0.2) is 0 Å². The zero-order chi connectivity index (χ0) is 31.1. The summed E-state index contributed by atoms with van der Waals surface area (Å²) >= 11 is 0. The first kappa shape index (κ1) is 37.3. The van der Waals surface area contributed by atoms with E-state index in [2.05, 4.69) is 28.4 Å². The third-order valence-corrected chi connectivity index (χ3v) is 4.93. The van der Waals surface area contributed by atoms with Gasteiger partial charge in [-0.2, -0.15) is 13.2 Å². The van der Waals surface area contributed by atoms with Crippen molar-refractivity contribution in [3.8, 4) is 23.6 Å². The Kier molecular flexibility index (Phi) is 20.1. The minimum Gasteiger partial charge on any atom is -0.464 e. The molecule has 2 aromatic rings. The maximum absolute atomic E-state index is 12.9. The average Bonchev–Trinajstić information content (AvgIpc) is 2.96. The molecule has 41 heavy (non-hydrogen) atoms. The van der Waals surface area contributed by atoms with E-state index < -0.39 is 17.7 Å². The third-order valence-electron chi connectivity index (χ3n) is 4.93.